The monoisotopic (exact) mass is 373 g/mol. The number of alkyl halides is 1. The van der Waals surface area contributed by atoms with E-state index in [0.29, 0.717) is 12.5 Å². The minimum absolute atomic E-state index is 0.00833. The Morgan fingerprint density at radius 1 is 1.15 bits per heavy atom. The van der Waals surface area contributed by atoms with E-state index in [9.17, 15) is 4.79 Å². The van der Waals surface area contributed by atoms with E-state index in [1.54, 1.807) is 0 Å². The summed E-state index contributed by atoms with van der Waals surface area (Å²) in [7, 11) is 0. The number of halogens is 1. The maximum atomic E-state index is 11.9. The molecule has 2 aromatic rings. The van der Waals surface area contributed by atoms with Gasteiger partial charge in [0, 0.05) is 47.5 Å². The predicted octanol–water partition coefficient (Wildman–Crippen LogP) is 3.49. The number of carbonyl (C=O) groups is 1. The molecule has 1 fully saturated rings. The van der Waals surface area contributed by atoms with Crippen LogP contribution in [-0.4, -0.2) is 44.7 Å². The minimum Gasteiger partial charge on any atom is -0.341 e. The van der Waals surface area contributed by atoms with Crippen molar-refractivity contribution in [1.82, 2.24) is 19.9 Å². The first kappa shape index (κ1) is 18.6. The number of rotatable bonds is 4. The van der Waals surface area contributed by atoms with Gasteiger partial charge < -0.3 is 10.2 Å². The molecule has 2 aromatic heterocycles. The van der Waals surface area contributed by atoms with Crippen LogP contribution in [0.25, 0.3) is 0 Å². The zero-order valence-electron chi connectivity index (χ0n) is 15.4. The molecule has 1 aliphatic heterocycles. The second-order valence-electron chi connectivity index (χ2n) is 6.83. The summed E-state index contributed by atoms with van der Waals surface area (Å²) in [5, 5.41) is 3.29. The van der Waals surface area contributed by atoms with E-state index in [2.05, 4.69) is 15.3 Å². The van der Waals surface area contributed by atoms with Gasteiger partial charge >= 0.3 is 0 Å². The van der Waals surface area contributed by atoms with Gasteiger partial charge in [-0.3, -0.25) is 9.78 Å². The second-order valence-corrected chi connectivity index (χ2v) is 7.10. The van der Waals surface area contributed by atoms with Gasteiger partial charge in [0.25, 0.3) is 0 Å². The van der Waals surface area contributed by atoms with Crippen LogP contribution in [0.5, 0.6) is 0 Å². The fourth-order valence-electron chi connectivity index (χ4n) is 3.42. The van der Waals surface area contributed by atoms with E-state index in [1.165, 1.54) is 0 Å². The normalized spacial score (nSPS) is 17.2. The Labute approximate surface area is 159 Å². The highest BCUT2D eigenvalue weighted by Crippen LogP contribution is 2.28. The lowest BCUT2D eigenvalue weighted by atomic mass is 9.93. The van der Waals surface area contributed by atoms with Crippen LogP contribution >= 0.6 is 11.6 Å². The maximum Gasteiger partial charge on any atom is 0.237 e. The molecule has 0 saturated carbocycles. The number of amides is 1. The van der Waals surface area contributed by atoms with E-state index < -0.39 is 0 Å². The highest BCUT2D eigenvalue weighted by atomic mass is 35.5. The molecule has 26 heavy (non-hydrogen) atoms. The van der Waals surface area contributed by atoms with Crippen molar-refractivity contribution in [3.63, 3.8) is 0 Å². The van der Waals surface area contributed by atoms with Crippen LogP contribution in [-0.2, 0) is 4.79 Å². The number of nitrogens with zero attached hydrogens (tertiary/aromatic N) is 4. The maximum absolute atomic E-state index is 11.9. The highest BCUT2D eigenvalue weighted by Gasteiger charge is 2.25. The van der Waals surface area contributed by atoms with Crippen molar-refractivity contribution in [2.75, 3.05) is 24.3 Å². The molecule has 7 heteroatoms. The van der Waals surface area contributed by atoms with Crippen LogP contribution in [0.3, 0.4) is 0 Å². The van der Waals surface area contributed by atoms with Gasteiger partial charge in [0.2, 0.25) is 11.9 Å². The molecule has 1 saturated heterocycles. The largest absolute Gasteiger partial charge is 0.341 e. The van der Waals surface area contributed by atoms with Crippen molar-refractivity contribution in [2.45, 2.75) is 39.5 Å². The van der Waals surface area contributed by atoms with Crippen LogP contribution in [0.4, 0.5) is 11.6 Å². The molecule has 1 amide bonds. The second kappa shape index (κ2) is 7.99. The van der Waals surface area contributed by atoms with Crippen LogP contribution < -0.4 is 5.32 Å². The fraction of sp³-hybridized carbons (Fsp3) is 0.474. The number of likely N-dealkylation sites (tertiary alicyclic amines) is 1. The molecular formula is C19H24ClN5O. The molecule has 6 nitrogen and oxygen atoms in total. The summed E-state index contributed by atoms with van der Waals surface area (Å²) in [6.45, 7) is 7.32. The zero-order chi connectivity index (χ0) is 18.7. The van der Waals surface area contributed by atoms with Gasteiger partial charge in [-0.1, -0.05) is 0 Å². The number of hydrogen-bond acceptors (Lipinski definition) is 5. The van der Waals surface area contributed by atoms with Crippen molar-refractivity contribution in [3.05, 3.63) is 41.0 Å². The summed E-state index contributed by atoms with van der Waals surface area (Å²) in [6.07, 6.45) is 1.98. The summed E-state index contributed by atoms with van der Waals surface area (Å²) in [6, 6.07) is 5.96. The van der Waals surface area contributed by atoms with Crippen molar-refractivity contribution >= 4 is 29.1 Å². The Hall–Kier alpha value is -2.21. The average Bonchev–Trinajstić information content (AvgIpc) is 2.59. The molecule has 3 rings (SSSR count). The number of hydrogen-bond donors (Lipinski definition) is 1. The average molecular weight is 374 g/mol. The molecular weight excluding hydrogens is 350 g/mol. The minimum atomic E-state index is -0.00833. The summed E-state index contributed by atoms with van der Waals surface area (Å²) >= 11 is 5.71. The Kier molecular flexibility index (Phi) is 5.71. The Bertz CT molecular complexity index is 790. The van der Waals surface area contributed by atoms with Crippen LogP contribution in [0.2, 0.25) is 0 Å². The lowest BCUT2D eigenvalue weighted by molar-refractivity contribution is -0.129. The van der Waals surface area contributed by atoms with Gasteiger partial charge in [-0.25, -0.2) is 9.97 Å². The fourth-order valence-corrected chi connectivity index (χ4v) is 3.59. The SMILES string of the molecule is Cc1cc(Nc2nc(C)cc(C)n2)cc(C2CCCN(C(=O)CCl)C2)n1. The first-order valence-corrected chi connectivity index (χ1v) is 9.39. The number of piperidine rings is 1. The van der Waals surface area contributed by atoms with E-state index in [0.717, 1.165) is 47.8 Å². The van der Waals surface area contributed by atoms with E-state index in [4.69, 9.17) is 16.6 Å². The van der Waals surface area contributed by atoms with Gasteiger partial charge in [0.1, 0.15) is 5.88 Å². The Balaban J connectivity index is 1.82. The van der Waals surface area contributed by atoms with E-state index in [-0.39, 0.29) is 17.7 Å². The van der Waals surface area contributed by atoms with E-state index >= 15 is 0 Å². The summed E-state index contributed by atoms with van der Waals surface area (Å²) in [4.78, 5) is 27.3. The number of anilines is 2. The molecule has 0 bridgehead atoms. The van der Waals surface area contributed by atoms with Crippen LogP contribution in [0.15, 0.2) is 18.2 Å². The summed E-state index contributed by atoms with van der Waals surface area (Å²) in [5.41, 5.74) is 4.68. The van der Waals surface area contributed by atoms with Gasteiger partial charge in [-0.2, -0.15) is 0 Å². The third kappa shape index (κ3) is 4.49. The summed E-state index contributed by atoms with van der Waals surface area (Å²) < 4.78 is 0. The third-order valence-electron chi connectivity index (χ3n) is 4.52. The first-order chi connectivity index (χ1) is 12.4. The molecule has 0 spiro atoms. The lowest BCUT2D eigenvalue weighted by Gasteiger charge is -2.32. The van der Waals surface area contributed by atoms with Crippen molar-refractivity contribution in [2.24, 2.45) is 0 Å². The van der Waals surface area contributed by atoms with E-state index in [1.807, 2.05) is 43.9 Å². The van der Waals surface area contributed by atoms with Gasteiger partial charge in [-0.05, 0) is 51.8 Å². The third-order valence-corrected chi connectivity index (χ3v) is 4.75. The quantitative estimate of drug-likeness (QED) is 0.830. The molecule has 0 radical (unpaired) electrons. The van der Waals surface area contributed by atoms with Crippen LogP contribution in [0, 0.1) is 20.8 Å². The summed E-state index contributed by atoms with van der Waals surface area (Å²) in [5.74, 6) is 0.828. The lowest BCUT2D eigenvalue weighted by Crippen LogP contribution is -2.40. The standard InChI is InChI=1S/C19H24ClN5O/c1-12-7-13(2)23-19(22-12)24-16-8-14(3)21-17(9-16)15-5-4-6-25(11-15)18(26)10-20/h7-9,15H,4-6,10-11H2,1-3H3,(H,21,22,23,24). The van der Waals surface area contributed by atoms with Crippen molar-refractivity contribution < 1.29 is 4.79 Å². The molecule has 3 heterocycles. The molecule has 1 atom stereocenters. The number of pyridine rings is 1. The number of aromatic nitrogens is 3. The molecule has 0 aromatic carbocycles. The molecule has 138 valence electrons. The smallest absolute Gasteiger partial charge is 0.237 e. The van der Waals surface area contributed by atoms with Crippen LogP contribution in [0.1, 0.15) is 41.5 Å². The Morgan fingerprint density at radius 2 is 1.85 bits per heavy atom. The predicted molar refractivity (Wildman–Crippen MR) is 103 cm³/mol. The molecule has 1 unspecified atom stereocenters. The molecule has 0 aliphatic carbocycles. The molecule has 1 aliphatic rings. The first-order valence-electron chi connectivity index (χ1n) is 8.86. The van der Waals surface area contributed by atoms with Gasteiger partial charge in [0.05, 0.1) is 0 Å². The zero-order valence-corrected chi connectivity index (χ0v) is 16.2. The van der Waals surface area contributed by atoms with Gasteiger partial charge in [0.15, 0.2) is 0 Å². The van der Waals surface area contributed by atoms with Gasteiger partial charge in [-0.15, -0.1) is 11.6 Å². The number of carbonyl (C=O) groups excluding carboxylic acids is 1. The topological polar surface area (TPSA) is 71.0 Å². The number of nitrogens with one attached hydrogen (secondary N) is 1. The van der Waals surface area contributed by atoms with Crippen molar-refractivity contribution in [1.29, 1.82) is 0 Å². The molecule has 1 N–H and O–H groups in total. The number of aryl methyl sites for hydroxylation is 3. The van der Waals surface area contributed by atoms with Crippen molar-refractivity contribution in [3.8, 4) is 0 Å². The Morgan fingerprint density at radius 3 is 2.54 bits per heavy atom. The highest BCUT2D eigenvalue weighted by molar-refractivity contribution is 6.27.